The second kappa shape index (κ2) is 4.92. The molecule has 18 heavy (non-hydrogen) atoms. The summed E-state index contributed by atoms with van der Waals surface area (Å²) in [6, 6.07) is 2.69. The Bertz CT molecular complexity index is 584. The first kappa shape index (κ1) is 11.4. The Morgan fingerprint density at radius 3 is 3.17 bits per heavy atom. The molecule has 6 nitrogen and oxygen atoms in total. The summed E-state index contributed by atoms with van der Waals surface area (Å²) in [4.78, 5) is 15.4. The molecular weight excluding hydrogens is 248 g/mol. The highest BCUT2D eigenvalue weighted by atomic mass is 32.2. The van der Waals surface area contributed by atoms with Gasteiger partial charge in [0, 0.05) is 11.8 Å². The molecule has 2 aromatic heterocycles. The molecule has 1 unspecified atom stereocenters. The van der Waals surface area contributed by atoms with Crippen molar-refractivity contribution in [3.05, 3.63) is 12.7 Å². The van der Waals surface area contributed by atoms with Gasteiger partial charge in [0.25, 0.3) is 0 Å². The lowest BCUT2D eigenvalue weighted by molar-refractivity contribution is 0.644. The van der Waals surface area contributed by atoms with Gasteiger partial charge < -0.3 is 4.98 Å². The minimum atomic E-state index is -0.129. The van der Waals surface area contributed by atoms with E-state index in [1.807, 2.05) is 0 Å². The summed E-state index contributed by atoms with van der Waals surface area (Å²) in [6.07, 6.45) is 5.47. The zero-order chi connectivity index (χ0) is 12.4. The minimum Gasteiger partial charge on any atom is -0.341 e. The van der Waals surface area contributed by atoms with Gasteiger partial charge in [-0.2, -0.15) is 5.26 Å². The fraction of sp³-hybridized carbons (Fsp3) is 0.455. The molecule has 3 rings (SSSR count). The van der Waals surface area contributed by atoms with Crippen molar-refractivity contribution in [3.8, 4) is 6.07 Å². The highest BCUT2D eigenvalue weighted by molar-refractivity contribution is 7.99. The van der Waals surface area contributed by atoms with E-state index in [0.717, 1.165) is 10.5 Å². The molecule has 0 spiro atoms. The maximum atomic E-state index is 9.08. The van der Waals surface area contributed by atoms with Crippen LogP contribution in [0.5, 0.6) is 0 Å². The molecule has 0 bridgehead atoms. The zero-order valence-corrected chi connectivity index (χ0v) is 10.4. The molecule has 0 saturated heterocycles. The van der Waals surface area contributed by atoms with Gasteiger partial charge in [0.15, 0.2) is 5.65 Å². The van der Waals surface area contributed by atoms with E-state index in [1.165, 1.54) is 19.2 Å². The van der Waals surface area contributed by atoms with Gasteiger partial charge in [-0.15, -0.1) is 11.8 Å². The van der Waals surface area contributed by atoms with Crippen molar-refractivity contribution in [2.45, 2.75) is 30.0 Å². The lowest BCUT2D eigenvalue weighted by atomic mass is 10.4. The zero-order valence-electron chi connectivity index (χ0n) is 9.63. The largest absolute Gasteiger partial charge is 0.341 e. The van der Waals surface area contributed by atoms with E-state index in [2.05, 4.69) is 31.3 Å². The van der Waals surface area contributed by atoms with Gasteiger partial charge in [0.05, 0.1) is 12.4 Å². The quantitative estimate of drug-likeness (QED) is 0.618. The van der Waals surface area contributed by atoms with Crippen molar-refractivity contribution in [2.24, 2.45) is 0 Å². The summed E-state index contributed by atoms with van der Waals surface area (Å²) in [5.41, 5.74) is 1.50. The Hall–Kier alpha value is -1.65. The SMILES string of the molecule is N#CC(CSc1ncnc2nc[nH]c12)NC1CC1. The lowest BCUT2D eigenvalue weighted by Crippen LogP contribution is -2.31. The Morgan fingerprint density at radius 2 is 2.39 bits per heavy atom. The molecule has 2 N–H and O–H groups in total. The first-order valence-corrected chi connectivity index (χ1v) is 6.78. The van der Waals surface area contributed by atoms with Gasteiger partial charge in [-0.1, -0.05) is 0 Å². The van der Waals surface area contributed by atoms with E-state index in [9.17, 15) is 0 Å². The first-order valence-electron chi connectivity index (χ1n) is 5.79. The molecule has 0 aliphatic heterocycles. The molecule has 1 fully saturated rings. The number of hydrogen-bond acceptors (Lipinski definition) is 6. The van der Waals surface area contributed by atoms with Crippen molar-refractivity contribution in [2.75, 3.05) is 5.75 Å². The highest BCUT2D eigenvalue weighted by Crippen LogP contribution is 2.24. The number of nitriles is 1. The molecule has 1 atom stereocenters. The predicted molar refractivity (Wildman–Crippen MR) is 68.0 cm³/mol. The molecule has 0 aromatic carbocycles. The van der Waals surface area contributed by atoms with Crippen LogP contribution in [-0.2, 0) is 0 Å². The normalized spacial score (nSPS) is 16.6. The number of rotatable bonds is 5. The first-order chi connectivity index (χ1) is 8.86. The molecule has 2 heterocycles. The lowest BCUT2D eigenvalue weighted by Gasteiger charge is -2.09. The summed E-state index contributed by atoms with van der Waals surface area (Å²) >= 11 is 1.55. The third-order valence-corrected chi connectivity index (χ3v) is 3.83. The Labute approximate surface area is 108 Å². The fourth-order valence-corrected chi connectivity index (χ4v) is 2.58. The van der Waals surface area contributed by atoms with Crippen LogP contribution in [0.15, 0.2) is 17.7 Å². The summed E-state index contributed by atoms with van der Waals surface area (Å²) in [6.45, 7) is 0. The second-order valence-electron chi connectivity index (χ2n) is 4.21. The number of aromatic nitrogens is 4. The fourth-order valence-electron chi connectivity index (χ4n) is 1.67. The van der Waals surface area contributed by atoms with Gasteiger partial charge >= 0.3 is 0 Å². The monoisotopic (exact) mass is 260 g/mol. The van der Waals surface area contributed by atoms with Crippen LogP contribution in [0, 0.1) is 11.3 Å². The van der Waals surface area contributed by atoms with E-state index in [-0.39, 0.29) is 6.04 Å². The summed E-state index contributed by atoms with van der Waals surface area (Å²) < 4.78 is 0. The van der Waals surface area contributed by atoms with Crippen LogP contribution in [0.4, 0.5) is 0 Å². The Balaban J connectivity index is 1.68. The number of imidazole rings is 1. The standard InChI is InChI=1S/C11H12N6S/c12-3-8(17-7-1-2-7)4-18-11-9-10(14-5-13-9)15-6-16-11/h5-8,17H,1-2,4H2,(H,13,14,15,16). The van der Waals surface area contributed by atoms with Crippen LogP contribution < -0.4 is 5.32 Å². The van der Waals surface area contributed by atoms with Crippen LogP contribution in [0.1, 0.15) is 12.8 Å². The number of nitrogens with zero attached hydrogens (tertiary/aromatic N) is 4. The summed E-state index contributed by atoms with van der Waals surface area (Å²) in [5, 5.41) is 13.2. The number of H-pyrrole nitrogens is 1. The predicted octanol–water partition coefficient (Wildman–Crippen LogP) is 1.09. The molecule has 1 aliphatic carbocycles. The van der Waals surface area contributed by atoms with Crippen molar-refractivity contribution in [1.29, 1.82) is 5.26 Å². The number of nitrogens with one attached hydrogen (secondary N) is 2. The number of hydrogen-bond donors (Lipinski definition) is 2. The molecule has 0 radical (unpaired) electrons. The van der Waals surface area contributed by atoms with Crippen LogP contribution in [0.2, 0.25) is 0 Å². The van der Waals surface area contributed by atoms with Crippen molar-refractivity contribution in [3.63, 3.8) is 0 Å². The smallest absolute Gasteiger partial charge is 0.181 e. The maximum Gasteiger partial charge on any atom is 0.181 e. The third-order valence-electron chi connectivity index (χ3n) is 2.74. The topological polar surface area (TPSA) is 90.3 Å². The average Bonchev–Trinajstić information content (AvgIpc) is 3.08. The minimum absolute atomic E-state index is 0.129. The second-order valence-corrected chi connectivity index (χ2v) is 5.22. The van der Waals surface area contributed by atoms with Crippen molar-refractivity contribution in [1.82, 2.24) is 25.3 Å². The van der Waals surface area contributed by atoms with E-state index in [4.69, 9.17) is 5.26 Å². The van der Waals surface area contributed by atoms with E-state index in [1.54, 1.807) is 18.1 Å². The van der Waals surface area contributed by atoms with Crippen molar-refractivity contribution < 1.29 is 0 Å². The highest BCUT2D eigenvalue weighted by Gasteiger charge is 2.24. The number of fused-ring (bicyclic) bond motifs is 1. The molecule has 1 saturated carbocycles. The van der Waals surface area contributed by atoms with Gasteiger partial charge in [-0.25, -0.2) is 15.0 Å². The van der Waals surface area contributed by atoms with Crippen LogP contribution >= 0.6 is 11.8 Å². The van der Waals surface area contributed by atoms with Gasteiger partial charge in [0.1, 0.15) is 22.9 Å². The van der Waals surface area contributed by atoms with Gasteiger partial charge in [-0.3, -0.25) is 5.32 Å². The van der Waals surface area contributed by atoms with Gasteiger partial charge in [0.2, 0.25) is 0 Å². The maximum absolute atomic E-state index is 9.08. The molecule has 92 valence electrons. The Morgan fingerprint density at radius 1 is 1.50 bits per heavy atom. The Kier molecular flexibility index (Phi) is 3.13. The van der Waals surface area contributed by atoms with Crippen LogP contribution in [0.25, 0.3) is 11.2 Å². The molecule has 0 amide bonds. The van der Waals surface area contributed by atoms with Crippen LogP contribution in [-0.4, -0.2) is 37.8 Å². The third kappa shape index (κ3) is 2.44. The van der Waals surface area contributed by atoms with E-state index < -0.39 is 0 Å². The summed E-state index contributed by atoms with van der Waals surface area (Å²) in [5.74, 6) is 0.679. The summed E-state index contributed by atoms with van der Waals surface area (Å²) in [7, 11) is 0. The van der Waals surface area contributed by atoms with Gasteiger partial charge in [-0.05, 0) is 12.8 Å². The number of thioether (sulfide) groups is 1. The van der Waals surface area contributed by atoms with E-state index >= 15 is 0 Å². The average molecular weight is 260 g/mol. The molecule has 2 aromatic rings. The molecular formula is C11H12N6S. The van der Waals surface area contributed by atoms with Crippen LogP contribution in [0.3, 0.4) is 0 Å². The molecule has 7 heteroatoms. The van der Waals surface area contributed by atoms with E-state index in [0.29, 0.717) is 17.4 Å². The van der Waals surface area contributed by atoms with Crippen molar-refractivity contribution >= 4 is 22.9 Å². The molecule has 1 aliphatic rings. The number of aromatic amines is 1.